The highest BCUT2D eigenvalue weighted by Gasteiger charge is 2.39. The first-order chi connectivity index (χ1) is 14.6. The van der Waals surface area contributed by atoms with Gasteiger partial charge in [0.15, 0.2) is 0 Å². The molecular formula is C25H30FN3O. The monoisotopic (exact) mass is 407 g/mol. The number of halogens is 1. The molecule has 2 aromatic carbocycles. The Labute approximate surface area is 178 Å². The van der Waals surface area contributed by atoms with Crippen LogP contribution in [-0.4, -0.2) is 53.7 Å². The standard InChI is InChI=1S/C25H30FN3O/c26-22-8-6-20(7-9-22)24(30)18-28-14-16-29(17-15-28)23-10-12-25(19-27,13-11-23)21-4-2-1-3-5-21/h1-9,23-24,30H,10-18H2/t23-,24?,25-. The van der Waals surface area contributed by atoms with Crippen LogP contribution in [0.1, 0.15) is 42.9 Å². The Bertz CT molecular complexity index is 848. The summed E-state index contributed by atoms with van der Waals surface area (Å²) in [5, 5.41) is 20.4. The average Bonchev–Trinajstić information content (AvgIpc) is 2.81. The first-order valence-corrected chi connectivity index (χ1v) is 11.0. The predicted octanol–water partition coefficient (Wildman–Crippen LogP) is 3.88. The highest BCUT2D eigenvalue weighted by atomic mass is 19.1. The van der Waals surface area contributed by atoms with Crippen molar-refractivity contribution in [3.63, 3.8) is 0 Å². The normalized spacial score (nSPS) is 26.8. The molecular weight excluding hydrogens is 377 g/mol. The van der Waals surface area contributed by atoms with Gasteiger partial charge in [-0.05, 0) is 48.9 Å². The lowest BCUT2D eigenvalue weighted by Gasteiger charge is -2.44. The molecule has 0 amide bonds. The van der Waals surface area contributed by atoms with Gasteiger partial charge >= 0.3 is 0 Å². The summed E-state index contributed by atoms with van der Waals surface area (Å²) in [5.74, 6) is -0.278. The van der Waals surface area contributed by atoms with E-state index in [-0.39, 0.29) is 11.2 Å². The first-order valence-electron chi connectivity index (χ1n) is 11.0. The predicted molar refractivity (Wildman–Crippen MR) is 115 cm³/mol. The van der Waals surface area contributed by atoms with Crippen LogP contribution in [0.25, 0.3) is 0 Å². The van der Waals surface area contributed by atoms with E-state index in [1.807, 2.05) is 18.2 Å². The van der Waals surface area contributed by atoms with Gasteiger partial charge < -0.3 is 5.11 Å². The minimum absolute atomic E-state index is 0.278. The Morgan fingerprint density at radius 1 is 1.00 bits per heavy atom. The summed E-state index contributed by atoms with van der Waals surface area (Å²) >= 11 is 0. The number of rotatable bonds is 5. The van der Waals surface area contributed by atoms with E-state index < -0.39 is 6.10 Å². The van der Waals surface area contributed by atoms with Crippen molar-refractivity contribution in [2.45, 2.75) is 43.2 Å². The molecule has 0 radical (unpaired) electrons. The molecule has 1 atom stereocenters. The minimum atomic E-state index is -0.589. The van der Waals surface area contributed by atoms with Crippen LogP contribution < -0.4 is 0 Å². The van der Waals surface area contributed by atoms with E-state index in [2.05, 4.69) is 28.0 Å². The van der Waals surface area contributed by atoms with E-state index in [9.17, 15) is 14.8 Å². The smallest absolute Gasteiger partial charge is 0.123 e. The molecule has 1 heterocycles. The third-order valence-electron chi connectivity index (χ3n) is 6.96. The van der Waals surface area contributed by atoms with E-state index >= 15 is 0 Å². The van der Waals surface area contributed by atoms with Gasteiger partial charge in [0.2, 0.25) is 0 Å². The van der Waals surface area contributed by atoms with Crippen molar-refractivity contribution in [3.8, 4) is 6.07 Å². The lowest BCUT2D eigenvalue weighted by atomic mass is 9.69. The van der Waals surface area contributed by atoms with Crippen molar-refractivity contribution >= 4 is 0 Å². The SMILES string of the molecule is N#C[C@]1(c2ccccc2)CC[C@H](N2CCN(CC(O)c3ccc(F)cc3)CC2)CC1. The molecule has 1 aliphatic carbocycles. The van der Waals surface area contributed by atoms with Crippen LogP contribution in [0.5, 0.6) is 0 Å². The Kier molecular flexibility index (Phi) is 6.48. The summed E-state index contributed by atoms with van der Waals surface area (Å²) in [6, 6.07) is 19.5. The lowest BCUT2D eigenvalue weighted by Crippen LogP contribution is -2.52. The van der Waals surface area contributed by atoms with E-state index in [0.717, 1.165) is 63.0 Å². The molecule has 30 heavy (non-hydrogen) atoms. The number of piperazine rings is 1. The van der Waals surface area contributed by atoms with Crippen LogP contribution in [0.3, 0.4) is 0 Å². The van der Waals surface area contributed by atoms with Gasteiger partial charge in [-0.3, -0.25) is 9.80 Å². The average molecular weight is 408 g/mol. The van der Waals surface area contributed by atoms with Crippen LogP contribution in [0.2, 0.25) is 0 Å². The summed E-state index contributed by atoms with van der Waals surface area (Å²) in [6.07, 6.45) is 3.36. The fourth-order valence-electron chi connectivity index (χ4n) is 5.03. The number of hydrogen-bond acceptors (Lipinski definition) is 4. The van der Waals surface area contributed by atoms with Crippen LogP contribution in [-0.2, 0) is 5.41 Å². The number of aliphatic hydroxyl groups is 1. The van der Waals surface area contributed by atoms with Gasteiger partial charge in [-0.25, -0.2) is 4.39 Å². The Balaban J connectivity index is 1.27. The second kappa shape index (κ2) is 9.26. The molecule has 1 aliphatic heterocycles. The third kappa shape index (κ3) is 4.57. The van der Waals surface area contributed by atoms with Gasteiger partial charge in [0.1, 0.15) is 5.82 Å². The second-order valence-electron chi connectivity index (χ2n) is 8.70. The maximum atomic E-state index is 13.1. The van der Waals surface area contributed by atoms with E-state index in [0.29, 0.717) is 12.6 Å². The van der Waals surface area contributed by atoms with Crippen molar-refractivity contribution < 1.29 is 9.50 Å². The second-order valence-corrected chi connectivity index (χ2v) is 8.70. The molecule has 1 N–H and O–H groups in total. The van der Waals surface area contributed by atoms with E-state index in [1.54, 1.807) is 12.1 Å². The molecule has 2 fully saturated rings. The van der Waals surface area contributed by atoms with Crippen LogP contribution in [0.15, 0.2) is 54.6 Å². The van der Waals surface area contributed by atoms with Gasteiger partial charge in [0.25, 0.3) is 0 Å². The number of benzene rings is 2. The van der Waals surface area contributed by atoms with Gasteiger partial charge in [-0.15, -0.1) is 0 Å². The fourth-order valence-corrected chi connectivity index (χ4v) is 5.03. The van der Waals surface area contributed by atoms with Crippen molar-refractivity contribution in [1.82, 2.24) is 9.80 Å². The first kappa shape index (κ1) is 21.0. The number of aliphatic hydroxyl groups excluding tert-OH is 1. The quantitative estimate of drug-likeness (QED) is 0.817. The van der Waals surface area contributed by atoms with Gasteiger partial charge in [-0.1, -0.05) is 42.5 Å². The molecule has 1 saturated heterocycles. The molecule has 5 heteroatoms. The Morgan fingerprint density at radius 2 is 1.63 bits per heavy atom. The fraction of sp³-hybridized carbons (Fsp3) is 0.480. The minimum Gasteiger partial charge on any atom is -0.387 e. The number of nitrogens with zero attached hydrogens (tertiary/aromatic N) is 3. The molecule has 2 aromatic rings. The van der Waals surface area contributed by atoms with Gasteiger partial charge in [0.05, 0.1) is 17.6 Å². The zero-order valence-electron chi connectivity index (χ0n) is 17.4. The number of nitriles is 1. The Morgan fingerprint density at radius 3 is 2.23 bits per heavy atom. The maximum Gasteiger partial charge on any atom is 0.123 e. The molecule has 2 aliphatic rings. The summed E-state index contributed by atoms with van der Waals surface area (Å²) in [4.78, 5) is 4.85. The molecule has 1 saturated carbocycles. The molecule has 158 valence electrons. The zero-order chi connectivity index (χ0) is 21.0. The summed E-state index contributed by atoms with van der Waals surface area (Å²) in [7, 11) is 0. The molecule has 1 unspecified atom stereocenters. The summed E-state index contributed by atoms with van der Waals surface area (Å²) < 4.78 is 13.1. The van der Waals surface area contributed by atoms with Crippen molar-refractivity contribution in [3.05, 3.63) is 71.5 Å². The lowest BCUT2D eigenvalue weighted by molar-refractivity contribution is 0.0432. The molecule has 4 nitrogen and oxygen atoms in total. The van der Waals surface area contributed by atoms with E-state index in [4.69, 9.17) is 0 Å². The third-order valence-corrected chi connectivity index (χ3v) is 6.96. The molecule has 0 spiro atoms. The number of hydrogen-bond donors (Lipinski definition) is 1. The zero-order valence-corrected chi connectivity index (χ0v) is 17.4. The Hall–Kier alpha value is -2.26. The van der Waals surface area contributed by atoms with Crippen LogP contribution in [0.4, 0.5) is 4.39 Å². The topological polar surface area (TPSA) is 50.5 Å². The summed E-state index contributed by atoms with van der Waals surface area (Å²) in [6.45, 7) is 4.42. The molecule has 0 bridgehead atoms. The largest absolute Gasteiger partial charge is 0.387 e. The maximum absolute atomic E-state index is 13.1. The van der Waals surface area contributed by atoms with Gasteiger partial charge in [0, 0.05) is 38.8 Å². The van der Waals surface area contributed by atoms with Crippen molar-refractivity contribution in [2.24, 2.45) is 0 Å². The van der Waals surface area contributed by atoms with Gasteiger partial charge in [-0.2, -0.15) is 5.26 Å². The molecule has 4 rings (SSSR count). The highest BCUT2D eigenvalue weighted by Crippen LogP contribution is 2.40. The number of β-amino-alcohol motifs (C(OH)–C–C–N with tert-alkyl or cyclic N) is 1. The summed E-state index contributed by atoms with van der Waals surface area (Å²) in [5.41, 5.74) is 1.59. The van der Waals surface area contributed by atoms with Crippen molar-refractivity contribution in [2.75, 3.05) is 32.7 Å². The van der Waals surface area contributed by atoms with Crippen LogP contribution >= 0.6 is 0 Å². The molecule has 0 aromatic heterocycles. The van der Waals surface area contributed by atoms with Crippen LogP contribution in [0, 0.1) is 17.1 Å². The van der Waals surface area contributed by atoms with E-state index in [1.165, 1.54) is 12.1 Å². The highest BCUT2D eigenvalue weighted by molar-refractivity contribution is 5.33. The van der Waals surface area contributed by atoms with Crippen molar-refractivity contribution in [1.29, 1.82) is 5.26 Å².